The van der Waals surface area contributed by atoms with Crippen molar-refractivity contribution in [1.29, 1.82) is 0 Å². The van der Waals surface area contributed by atoms with Gasteiger partial charge in [-0.1, -0.05) is 25.1 Å². The summed E-state index contributed by atoms with van der Waals surface area (Å²) in [5.41, 5.74) is 2.58. The van der Waals surface area contributed by atoms with Crippen molar-refractivity contribution in [3.63, 3.8) is 0 Å². The Hall–Kier alpha value is -2.07. The molecule has 3 rings (SSSR count). The summed E-state index contributed by atoms with van der Waals surface area (Å²) in [6.07, 6.45) is 0.863. The number of carbonyl (C=O) groups excluding carboxylic acids is 1. The molecule has 21 heavy (non-hydrogen) atoms. The molecular formula is C17H16N2OS. The molecule has 0 aliphatic carbocycles. The number of aryl methyl sites for hydroxylation is 1. The Labute approximate surface area is 127 Å². The first-order chi connectivity index (χ1) is 10.3. The number of nitrogens with one attached hydrogen (secondary N) is 1. The lowest BCUT2D eigenvalue weighted by atomic mass is 10.1. The molecule has 1 aromatic heterocycles. The molecule has 3 nitrogen and oxygen atoms in total. The van der Waals surface area contributed by atoms with Crippen LogP contribution in [0.2, 0.25) is 0 Å². The molecule has 0 aliphatic heterocycles. The molecule has 0 saturated carbocycles. The van der Waals surface area contributed by atoms with E-state index in [2.05, 4.69) is 16.9 Å². The van der Waals surface area contributed by atoms with Crippen LogP contribution < -0.4 is 0 Å². The highest BCUT2D eigenvalue weighted by molar-refractivity contribution is 8.00. The van der Waals surface area contributed by atoms with Crippen LogP contribution in [0.1, 0.15) is 23.1 Å². The predicted molar refractivity (Wildman–Crippen MR) is 87.0 cm³/mol. The molecular weight excluding hydrogens is 280 g/mol. The molecule has 0 saturated heterocycles. The van der Waals surface area contributed by atoms with Crippen LogP contribution in [0.3, 0.4) is 0 Å². The lowest BCUT2D eigenvalue weighted by molar-refractivity contribution is 0.102. The Morgan fingerprint density at radius 2 is 2.00 bits per heavy atom. The first kappa shape index (κ1) is 13.9. The van der Waals surface area contributed by atoms with Gasteiger partial charge in [-0.15, -0.1) is 11.8 Å². The third kappa shape index (κ3) is 3.16. The molecule has 0 spiro atoms. The molecule has 0 atom stereocenters. The van der Waals surface area contributed by atoms with Crippen LogP contribution in [0.25, 0.3) is 11.0 Å². The minimum Gasteiger partial charge on any atom is -0.342 e. The van der Waals surface area contributed by atoms with Crippen LogP contribution in [0, 0.1) is 0 Å². The van der Waals surface area contributed by atoms with E-state index in [1.54, 1.807) is 11.8 Å². The minimum absolute atomic E-state index is 0.137. The fourth-order valence-electron chi connectivity index (χ4n) is 2.15. The number of hydrogen-bond donors (Lipinski definition) is 1. The number of H-pyrrole nitrogens is 1. The third-order valence-electron chi connectivity index (χ3n) is 3.30. The fraction of sp³-hybridized carbons (Fsp3) is 0.176. The summed E-state index contributed by atoms with van der Waals surface area (Å²) < 4.78 is 0. The van der Waals surface area contributed by atoms with E-state index in [4.69, 9.17) is 0 Å². The van der Waals surface area contributed by atoms with E-state index in [9.17, 15) is 4.79 Å². The van der Waals surface area contributed by atoms with Crippen LogP contribution in [-0.4, -0.2) is 21.5 Å². The van der Waals surface area contributed by atoms with Crippen molar-refractivity contribution in [1.82, 2.24) is 9.97 Å². The second-order valence-corrected chi connectivity index (χ2v) is 5.84. The monoisotopic (exact) mass is 296 g/mol. The summed E-state index contributed by atoms with van der Waals surface area (Å²) in [5, 5.41) is 0. The molecule has 0 fully saturated rings. The van der Waals surface area contributed by atoms with Gasteiger partial charge < -0.3 is 4.98 Å². The number of aromatic nitrogens is 2. The zero-order chi connectivity index (χ0) is 14.7. The van der Waals surface area contributed by atoms with Gasteiger partial charge in [0.15, 0.2) is 5.78 Å². The Kier molecular flexibility index (Phi) is 4.06. The summed E-state index contributed by atoms with van der Waals surface area (Å²) >= 11 is 1.56. The molecule has 0 unspecified atom stereocenters. The van der Waals surface area contributed by atoms with Gasteiger partial charge in [0, 0.05) is 16.9 Å². The number of aromatic amines is 1. The molecule has 3 aromatic rings. The number of benzene rings is 2. The summed E-state index contributed by atoms with van der Waals surface area (Å²) in [6.45, 7) is 2.06. The number of hydrogen-bond acceptors (Lipinski definition) is 3. The molecule has 0 radical (unpaired) electrons. The minimum atomic E-state index is 0.137. The Balaban J connectivity index is 1.75. The smallest absolute Gasteiger partial charge is 0.173 e. The van der Waals surface area contributed by atoms with E-state index < -0.39 is 0 Å². The number of thioether (sulfide) groups is 1. The average Bonchev–Trinajstić information content (AvgIpc) is 2.95. The molecule has 0 bridgehead atoms. The SMILES string of the molecule is CCc1nc2ccc(C(=O)CSc3ccccc3)cc2[nH]1. The highest BCUT2D eigenvalue weighted by Gasteiger charge is 2.09. The molecule has 106 valence electrons. The van der Waals surface area contributed by atoms with Crippen molar-refractivity contribution in [3.05, 3.63) is 59.9 Å². The van der Waals surface area contributed by atoms with Crippen molar-refractivity contribution in [2.45, 2.75) is 18.2 Å². The summed E-state index contributed by atoms with van der Waals surface area (Å²) in [4.78, 5) is 21.1. The quantitative estimate of drug-likeness (QED) is 0.569. The zero-order valence-electron chi connectivity index (χ0n) is 11.8. The normalized spacial score (nSPS) is 10.9. The number of ketones is 1. The standard InChI is InChI=1S/C17H16N2OS/c1-2-17-18-14-9-8-12(10-15(14)19-17)16(20)11-21-13-6-4-3-5-7-13/h3-10H,2,11H2,1H3,(H,18,19). The Morgan fingerprint density at radius 3 is 2.76 bits per heavy atom. The van der Waals surface area contributed by atoms with E-state index in [-0.39, 0.29) is 5.78 Å². The average molecular weight is 296 g/mol. The number of fused-ring (bicyclic) bond motifs is 1. The summed E-state index contributed by atoms with van der Waals surface area (Å²) in [6, 6.07) is 15.6. The van der Waals surface area contributed by atoms with Gasteiger partial charge in [0.1, 0.15) is 5.82 Å². The van der Waals surface area contributed by atoms with Gasteiger partial charge in [0.05, 0.1) is 16.8 Å². The fourth-order valence-corrected chi connectivity index (χ4v) is 2.97. The van der Waals surface area contributed by atoms with Crippen molar-refractivity contribution >= 4 is 28.6 Å². The van der Waals surface area contributed by atoms with E-state index in [0.717, 1.165) is 33.7 Å². The number of imidazole rings is 1. The van der Waals surface area contributed by atoms with Gasteiger partial charge in [-0.2, -0.15) is 0 Å². The van der Waals surface area contributed by atoms with Gasteiger partial charge in [-0.25, -0.2) is 4.98 Å². The van der Waals surface area contributed by atoms with Crippen molar-refractivity contribution in [3.8, 4) is 0 Å². The lowest BCUT2D eigenvalue weighted by Crippen LogP contribution is -2.02. The molecule has 4 heteroatoms. The highest BCUT2D eigenvalue weighted by atomic mass is 32.2. The van der Waals surface area contributed by atoms with Gasteiger partial charge >= 0.3 is 0 Å². The van der Waals surface area contributed by atoms with Gasteiger partial charge in [-0.05, 0) is 30.3 Å². The van der Waals surface area contributed by atoms with Crippen LogP contribution in [-0.2, 0) is 6.42 Å². The highest BCUT2D eigenvalue weighted by Crippen LogP contribution is 2.20. The number of rotatable bonds is 5. The number of nitrogens with zero attached hydrogens (tertiary/aromatic N) is 1. The van der Waals surface area contributed by atoms with Crippen LogP contribution >= 0.6 is 11.8 Å². The first-order valence-electron chi connectivity index (χ1n) is 6.96. The molecule has 0 amide bonds. The first-order valence-corrected chi connectivity index (χ1v) is 7.94. The number of carbonyl (C=O) groups is 1. The van der Waals surface area contributed by atoms with Crippen LogP contribution in [0.5, 0.6) is 0 Å². The van der Waals surface area contributed by atoms with Crippen LogP contribution in [0.15, 0.2) is 53.4 Å². The molecule has 0 aliphatic rings. The summed E-state index contributed by atoms with van der Waals surface area (Å²) in [5.74, 6) is 1.54. The van der Waals surface area contributed by atoms with E-state index in [0.29, 0.717) is 5.75 Å². The second kappa shape index (κ2) is 6.14. The Bertz CT molecular complexity index is 765. The van der Waals surface area contributed by atoms with Crippen LogP contribution in [0.4, 0.5) is 0 Å². The predicted octanol–water partition coefficient (Wildman–Crippen LogP) is 4.10. The van der Waals surface area contributed by atoms with E-state index >= 15 is 0 Å². The van der Waals surface area contributed by atoms with Gasteiger partial charge in [-0.3, -0.25) is 4.79 Å². The maximum Gasteiger partial charge on any atom is 0.173 e. The van der Waals surface area contributed by atoms with Gasteiger partial charge in [0.25, 0.3) is 0 Å². The third-order valence-corrected chi connectivity index (χ3v) is 4.31. The molecule has 2 aromatic carbocycles. The van der Waals surface area contributed by atoms with E-state index in [1.165, 1.54) is 0 Å². The lowest BCUT2D eigenvalue weighted by Gasteiger charge is -2.01. The second-order valence-electron chi connectivity index (χ2n) is 4.79. The summed E-state index contributed by atoms with van der Waals surface area (Å²) in [7, 11) is 0. The number of Topliss-reactive ketones (excluding diaryl/α,β-unsaturated/α-hetero) is 1. The largest absolute Gasteiger partial charge is 0.342 e. The molecule has 1 heterocycles. The van der Waals surface area contributed by atoms with Crippen molar-refractivity contribution < 1.29 is 4.79 Å². The molecule has 1 N–H and O–H groups in total. The zero-order valence-corrected chi connectivity index (χ0v) is 12.6. The van der Waals surface area contributed by atoms with Gasteiger partial charge in [0.2, 0.25) is 0 Å². The maximum absolute atomic E-state index is 12.3. The maximum atomic E-state index is 12.3. The van der Waals surface area contributed by atoms with E-state index in [1.807, 2.05) is 48.5 Å². The van der Waals surface area contributed by atoms with Crippen molar-refractivity contribution in [2.24, 2.45) is 0 Å². The topological polar surface area (TPSA) is 45.8 Å². The van der Waals surface area contributed by atoms with Crippen molar-refractivity contribution in [2.75, 3.05) is 5.75 Å². The Morgan fingerprint density at radius 1 is 1.19 bits per heavy atom.